The monoisotopic (exact) mass is 567 g/mol. The highest BCUT2D eigenvalue weighted by molar-refractivity contribution is 5.69. The van der Waals surface area contributed by atoms with E-state index in [0.717, 1.165) is 11.1 Å². The van der Waals surface area contributed by atoms with E-state index in [4.69, 9.17) is 14.2 Å². The molecule has 1 aliphatic heterocycles. The van der Waals surface area contributed by atoms with E-state index in [0.29, 0.717) is 62.0 Å². The first-order valence-corrected chi connectivity index (χ1v) is 14.3. The quantitative estimate of drug-likeness (QED) is 0.237. The Balaban J connectivity index is 1.33. The molecule has 2 aromatic heterocycles. The van der Waals surface area contributed by atoms with Crippen LogP contribution in [0.3, 0.4) is 0 Å². The smallest absolute Gasteiger partial charge is 0.410 e. The number of piperidine rings is 1. The maximum Gasteiger partial charge on any atom is 0.410 e. The summed E-state index contributed by atoms with van der Waals surface area (Å²) in [6.07, 6.45) is 2.87. The molecule has 0 atom stereocenters. The fourth-order valence-corrected chi connectivity index (χ4v) is 4.90. The van der Waals surface area contributed by atoms with E-state index in [-0.39, 0.29) is 17.7 Å². The second-order valence-corrected chi connectivity index (χ2v) is 11.4. The molecule has 8 heteroatoms. The van der Waals surface area contributed by atoms with Gasteiger partial charge in [-0.3, -0.25) is 4.79 Å². The third kappa shape index (κ3) is 7.57. The van der Waals surface area contributed by atoms with Crippen LogP contribution >= 0.6 is 0 Å². The maximum absolute atomic E-state index is 13.3. The van der Waals surface area contributed by atoms with E-state index >= 15 is 0 Å². The van der Waals surface area contributed by atoms with Crippen LogP contribution in [-0.2, 0) is 18.0 Å². The third-order valence-corrected chi connectivity index (χ3v) is 7.05. The summed E-state index contributed by atoms with van der Waals surface area (Å²) in [6.45, 7) is 7.37. The van der Waals surface area contributed by atoms with Crippen molar-refractivity contribution < 1.29 is 19.0 Å². The second-order valence-electron chi connectivity index (χ2n) is 11.4. The predicted octanol–water partition coefficient (Wildman–Crippen LogP) is 6.64. The molecule has 1 fully saturated rings. The van der Waals surface area contributed by atoms with Gasteiger partial charge in [0, 0.05) is 43.0 Å². The molecule has 0 bridgehead atoms. The zero-order valence-electron chi connectivity index (χ0n) is 24.4. The number of aromatic nitrogens is 2. The lowest BCUT2D eigenvalue weighted by atomic mass is 10.0. The van der Waals surface area contributed by atoms with Crippen LogP contribution in [-0.4, -0.2) is 39.2 Å². The lowest BCUT2D eigenvalue weighted by Gasteiger charge is -2.34. The normalized spacial score (nSPS) is 13.9. The number of benzene rings is 2. The Morgan fingerprint density at radius 2 is 1.48 bits per heavy atom. The molecule has 0 spiro atoms. The van der Waals surface area contributed by atoms with Crippen molar-refractivity contribution in [2.24, 2.45) is 0 Å². The molecule has 1 aliphatic rings. The van der Waals surface area contributed by atoms with Crippen LogP contribution in [0.15, 0.2) is 95.9 Å². The summed E-state index contributed by atoms with van der Waals surface area (Å²) in [4.78, 5) is 32.1. The third-order valence-electron chi connectivity index (χ3n) is 7.05. The van der Waals surface area contributed by atoms with Gasteiger partial charge >= 0.3 is 6.09 Å². The minimum atomic E-state index is -0.536. The van der Waals surface area contributed by atoms with Crippen LogP contribution in [0.25, 0.3) is 11.1 Å². The minimum Gasteiger partial charge on any atom is -0.473 e. The van der Waals surface area contributed by atoms with Gasteiger partial charge in [0.2, 0.25) is 11.8 Å². The summed E-state index contributed by atoms with van der Waals surface area (Å²) < 4.78 is 19.4. The molecular weight excluding hydrogens is 530 g/mol. The summed E-state index contributed by atoms with van der Waals surface area (Å²) in [5.41, 5.74) is 2.83. The van der Waals surface area contributed by atoms with Gasteiger partial charge in [0.25, 0.3) is 5.56 Å². The number of pyridine rings is 2. The van der Waals surface area contributed by atoms with E-state index in [1.165, 1.54) is 0 Å². The molecule has 0 aliphatic carbocycles. The zero-order chi connectivity index (χ0) is 29.5. The average molecular weight is 568 g/mol. The van der Waals surface area contributed by atoms with Crippen molar-refractivity contribution >= 4 is 6.09 Å². The lowest BCUT2D eigenvalue weighted by Crippen LogP contribution is -2.43. The number of ether oxygens (including phenoxy) is 3. The fraction of sp³-hybridized carbons (Fsp3) is 0.324. The fourth-order valence-electron chi connectivity index (χ4n) is 4.90. The highest BCUT2D eigenvalue weighted by atomic mass is 16.6. The Morgan fingerprint density at radius 3 is 2.07 bits per heavy atom. The molecule has 1 saturated heterocycles. The van der Waals surface area contributed by atoms with Crippen LogP contribution < -0.4 is 15.0 Å². The standard InChI is InChI=1S/C34H37N3O5/c1-34(2,3)42-33(39)36-19-17-28(18-20-36)37-21-16-27(22-31(37)38)29-14-15-30(40-23-25-10-6-4-7-11-25)35-32(29)41-24-26-12-8-5-9-13-26/h4-16,21-22,28H,17-20,23-24H2,1-3H3. The topological polar surface area (TPSA) is 82.9 Å². The lowest BCUT2D eigenvalue weighted by molar-refractivity contribution is 0.0187. The minimum absolute atomic E-state index is 0.00549. The van der Waals surface area contributed by atoms with Gasteiger partial charge in [-0.2, -0.15) is 4.98 Å². The maximum atomic E-state index is 13.3. The van der Waals surface area contributed by atoms with E-state index in [2.05, 4.69) is 4.98 Å². The van der Waals surface area contributed by atoms with Gasteiger partial charge in [-0.25, -0.2) is 4.79 Å². The number of nitrogens with zero attached hydrogens (tertiary/aromatic N) is 3. The molecule has 2 aromatic carbocycles. The number of carbonyl (C=O) groups excluding carboxylic acids is 1. The number of hydrogen-bond donors (Lipinski definition) is 0. The molecule has 5 rings (SSSR count). The predicted molar refractivity (Wildman–Crippen MR) is 162 cm³/mol. The van der Waals surface area contributed by atoms with Crippen molar-refractivity contribution in [3.8, 4) is 22.9 Å². The van der Waals surface area contributed by atoms with Crippen LogP contribution in [0.2, 0.25) is 0 Å². The van der Waals surface area contributed by atoms with Crippen molar-refractivity contribution in [3.05, 3.63) is 113 Å². The van der Waals surface area contributed by atoms with Crippen LogP contribution in [0.4, 0.5) is 4.79 Å². The number of carbonyl (C=O) groups is 1. The van der Waals surface area contributed by atoms with E-state index in [1.54, 1.807) is 21.6 Å². The van der Waals surface area contributed by atoms with Crippen molar-refractivity contribution in [2.75, 3.05) is 13.1 Å². The highest BCUT2D eigenvalue weighted by Gasteiger charge is 2.28. The molecule has 0 radical (unpaired) electrons. The molecule has 1 amide bonds. The Morgan fingerprint density at radius 1 is 0.857 bits per heavy atom. The SMILES string of the molecule is CC(C)(C)OC(=O)N1CCC(n2ccc(-c3ccc(OCc4ccccc4)nc3OCc3ccccc3)cc2=O)CC1. The Labute approximate surface area is 246 Å². The Bertz CT molecular complexity index is 1540. The van der Waals surface area contributed by atoms with E-state index < -0.39 is 5.60 Å². The summed E-state index contributed by atoms with van der Waals surface area (Å²) in [6, 6.07) is 27.0. The first-order chi connectivity index (χ1) is 20.2. The first kappa shape index (κ1) is 28.9. The molecule has 218 valence electrons. The van der Waals surface area contributed by atoms with Crippen LogP contribution in [0.5, 0.6) is 11.8 Å². The van der Waals surface area contributed by atoms with Gasteiger partial charge in [-0.05, 0) is 62.4 Å². The summed E-state index contributed by atoms with van der Waals surface area (Å²) >= 11 is 0. The van der Waals surface area contributed by atoms with Crippen molar-refractivity contribution in [1.82, 2.24) is 14.5 Å². The molecule has 0 N–H and O–H groups in total. The van der Waals surface area contributed by atoms with E-state index in [9.17, 15) is 9.59 Å². The van der Waals surface area contributed by atoms with Crippen molar-refractivity contribution in [3.63, 3.8) is 0 Å². The molecule has 8 nitrogen and oxygen atoms in total. The largest absolute Gasteiger partial charge is 0.473 e. The summed E-state index contributed by atoms with van der Waals surface area (Å²) in [7, 11) is 0. The first-order valence-electron chi connectivity index (χ1n) is 14.3. The van der Waals surface area contributed by atoms with Gasteiger partial charge in [0.05, 0.1) is 0 Å². The number of hydrogen-bond acceptors (Lipinski definition) is 6. The van der Waals surface area contributed by atoms with E-state index in [1.807, 2.05) is 99.8 Å². The van der Waals surface area contributed by atoms with Gasteiger partial charge in [0.15, 0.2) is 0 Å². The van der Waals surface area contributed by atoms with Crippen LogP contribution in [0, 0.1) is 0 Å². The van der Waals surface area contributed by atoms with Gasteiger partial charge in [0.1, 0.15) is 18.8 Å². The van der Waals surface area contributed by atoms with Gasteiger partial charge in [-0.1, -0.05) is 60.7 Å². The average Bonchev–Trinajstić information content (AvgIpc) is 2.99. The molecule has 42 heavy (non-hydrogen) atoms. The number of amides is 1. The second kappa shape index (κ2) is 12.9. The molecular formula is C34H37N3O5. The highest BCUT2D eigenvalue weighted by Crippen LogP contribution is 2.31. The molecule has 0 saturated carbocycles. The molecule has 4 aromatic rings. The summed E-state index contributed by atoms with van der Waals surface area (Å²) in [5.74, 6) is 0.836. The number of rotatable bonds is 8. The number of likely N-dealkylation sites (tertiary alicyclic amines) is 1. The molecule has 0 unspecified atom stereocenters. The Hall–Kier alpha value is -4.59. The van der Waals surface area contributed by atoms with Crippen LogP contribution in [0.1, 0.15) is 50.8 Å². The van der Waals surface area contributed by atoms with Gasteiger partial charge in [-0.15, -0.1) is 0 Å². The summed E-state index contributed by atoms with van der Waals surface area (Å²) in [5, 5.41) is 0. The zero-order valence-corrected chi connectivity index (χ0v) is 24.4. The van der Waals surface area contributed by atoms with Crippen molar-refractivity contribution in [1.29, 1.82) is 0 Å². The van der Waals surface area contributed by atoms with Gasteiger partial charge < -0.3 is 23.7 Å². The Kier molecular flexibility index (Phi) is 8.91. The molecule has 3 heterocycles. The van der Waals surface area contributed by atoms with Crippen molar-refractivity contribution in [2.45, 2.75) is 58.5 Å².